The van der Waals surface area contributed by atoms with Gasteiger partial charge in [-0.05, 0) is 67.8 Å². The minimum Gasteiger partial charge on any atom is -0.497 e. The van der Waals surface area contributed by atoms with Crippen LogP contribution in [0.5, 0.6) is 5.75 Å². The lowest BCUT2D eigenvalue weighted by Crippen LogP contribution is -2.36. The predicted molar refractivity (Wildman–Crippen MR) is 153 cm³/mol. The third kappa shape index (κ3) is 8.51. The average Bonchev–Trinajstić information content (AvgIpc) is 2.96. The number of hydrogen-bond donors (Lipinski definition) is 2. The second kappa shape index (κ2) is 13.4. The zero-order valence-corrected chi connectivity index (χ0v) is 23.7. The van der Waals surface area contributed by atoms with E-state index in [9.17, 15) is 35.5 Å². The van der Waals surface area contributed by atoms with Crippen LogP contribution in [-0.2, 0) is 18.9 Å². The van der Waals surface area contributed by atoms with Crippen molar-refractivity contribution in [3.05, 3.63) is 95.4 Å². The highest BCUT2D eigenvalue weighted by molar-refractivity contribution is 5.92. The molecule has 0 radical (unpaired) electrons. The van der Waals surface area contributed by atoms with E-state index in [1.807, 2.05) is 25.1 Å². The van der Waals surface area contributed by atoms with Crippen LogP contribution in [-0.4, -0.2) is 35.6 Å². The number of alkyl halides is 6. The fourth-order valence-electron chi connectivity index (χ4n) is 4.61. The summed E-state index contributed by atoms with van der Waals surface area (Å²) in [5, 5.41) is 6.43. The van der Waals surface area contributed by atoms with Gasteiger partial charge in [0.1, 0.15) is 11.6 Å². The first-order valence-corrected chi connectivity index (χ1v) is 13.5. The summed E-state index contributed by atoms with van der Waals surface area (Å²) in [5.74, 6) is 0.124. The number of hydrogen-bond acceptors (Lipinski definition) is 4. The summed E-state index contributed by atoms with van der Waals surface area (Å²) in [6.45, 7) is 1.95. The van der Waals surface area contributed by atoms with Crippen LogP contribution >= 0.6 is 0 Å². The van der Waals surface area contributed by atoms with Gasteiger partial charge in [-0.1, -0.05) is 18.2 Å². The Labute approximate surface area is 248 Å². The maximum Gasteiger partial charge on any atom is 0.416 e. The monoisotopic (exact) mass is 622 g/mol. The summed E-state index contributed by atoms with van der Waals surface area (Å²) in [6, 6.07) is 12.5. The van der Waals surface area contributed by atoms with Crippen LogP contribution in [0.3, 0.4) is 0 Å². The van der Waals surface area contributed by atoms with Crippen LogP contribution < -0.4 is 15.4 Å². The van der Waals surface area contributed by atoms with Crippen molar-refractivity contribution < 1.29 is 40.3 Å². The van der Waals surface area contributed by atoms with Gasteiger partial charge in [-0.25, -0.2) is 9.18 Å². The van der Waals surface area contributed by atoms with Crippen molar-refractivity contribution in [2.75, 3.05) is 24.3 Å². The van der Waals surface area contributed by atoms with Crippen LogP contribution in [0, 0.1) is 5.82 Å². The SMILES string of the molecule is COc1cc(NC(C)CCCN(Cc2ccc(F)cc2)C(=O)Nc2cc(C(F)(F)F)cc(C(F)(F)F)c2)c2ncccc2c1. The number of methoxy groups -OCH3 is 1. The molecular weight excluding hydrogens is 593 g/mol. The second-order valence-electron chi connectivity index (χ2n) is 10.2. The molecule has 0 spiro atoms. The number of fused-ring (bicyclic) bond motifs is 1. The Kier molecular flexibility index (Phi) is 9.85. The van der Waals surface area contributed by atoms with Crippen molar-refractivity contribution in [1.29, 1.82) is 0 Å². The molecular formula is C31H29F7N4O2. The third-order valence-corrected chi connectivity index (χ3v) is 6.79. The molecule has 1 heterocycles. The van der Waals surface area contributed by atoms with Gasteiger partial charge < -0.3 is 20.3 Å². The Morgan fingerprint density at radius 3 is 2.23 bits per heavy atom. The Morgan fingerprint density at radius 2 is 1.61 bits per heavy atom. The largest absolute Gasteiger partial charge is 0.497 e. The molecule has 234 valence electrons. The molecule has 13 heteroatoms. The van der Waals surface area contributed by atoms with Gasteiger partial charge in [-0.3, -0.25) is 4.98 Å². The quantitative estimate of drug-likeness (QED) is 0.174. The van der Waals surface area contributed by atoms with Crippen LogP contribution in [0.2, 0.25) is 0 Å². The number of nitrogens with one attached hydrogen (secondary N) is 2. The number of rotatable bonds is 10. The number of carbonyl (C=O) groups is 1. The Morgan fingerprint density at radius 1 is 0.955 bits per heavy atom. The van der Waals surface area contributed by atoms with Gasteiger partial charge in [0.05, 0.1) is 29.4 Å². The molecule has 44 heavy (non-hydrogen) atoms. The minimum atomic E-state index is -5.07. The van der Waals surface area contributed by atoms with E-state index in [1.165, 1.54) is 29.2 Å². The third-order valence-electron chi connectivity index (χ3n) is 6.79. The van der Waals surface area contributed by atoms with E-state index >= 15 is 0 Å². The van der Waals surface area contributed by atoms with Crippen LogP contribution in [0.25, 0.3) is 10.9 Å². The first-order valence-electron chi connectivity index (χ1n) is 13.5. The van der Waals surface area contributed by atoms with Crippen molar-refractivity contribution in [3.63, 3.8) is 0 Å². The number of ether oxygens (including phenoxy) is 1. The number of amides is 2. The van der Waals surface area contributed by atoms with Gasteiger partial charge in [-0.2, -0.15) is 26.3 Å². The van der Waals surface area contributed by atoms with Crippen molar-refractivity contribution in [3.8, 4) is 5.75 Å². The topological polar surface area (TPSA) is 66.5 Å². The number of aromatic nitrogens is 1. The lowest BCUT2D eigenvalue weighted by atomic mass is 10.1. The Bertz CT molecular complexity index is 1560. The summed E-state index contributed by atoms with van der Waals surface area (Å²) >= 11 is 0. The minimum absolute atomic E-state index is 0.0125. The fraction of sp³-hybridized carbons (Fsp3) is 0.290. The van der Waals surface area contributed by atoms with Crippen LogP contribution in [0.4, 0.5) is 46.9 Å². The molecule has 4 rings (SSSR count). The molecule has 0 saturated heterocycles. The van der Waals surface area contributed by atoms with Gasteiger partial charge in [0, 0.05) is 42.5 Å². The normalized spacial score (nSPS) is 12.6. The van der Waals surface area contributed by atoms with Crippen molar-refractivity contribution in [2.45, 2.75) is 44.7 Å². The molecule has 2 N–H and O–H groups in total. The predicted octanol–water partition coefficient (Wildman–Crippen LogP) is 8.74. The van der Waals surface area contributed by atoms with Crippen LogP contribution in [0.15, 0.2) is 72.9 Å². The van der Waals surface area contributed by atoms with E-state index in [1.54, 1.807) is 19.4 Å². The Hall–Kier alpha value is -4.55. The van der Waals surface area contributed by atoms with E-state index in [4.69, 9.17) is 4.74 Å². The molecule has 0 aliphatic rings. The Balaban J connectivity index is 1.50. The summed E-state index contributed by atoms with van der Waals surface area (Å²) in [7, 11) is 1.55. The smallest absolute Gasteiger partial charge is 0.416 e. The number of carbonyl (C=O) groups excluding carboxylic acids is 1. The number of nitrogens with zero attached hydrogens (tertiary/aromatic N) is 2. The highest BCUT2D eigenvalue weighted by Gasteiger charge is 2.37. The van der Waals surface area contributed by atoms with Crippen molar-refractivity contribution in [1.82, 2.24) is 9.88 Å². The highest BCUT2D eigenvalue weighted by atomic mass is 19.4. The summed E-state index contributed by atoms with van der Waals surface area (Å²) in [6.07, 6.45) is -7.53. The van der Waals surface area contributed by atoms with Crippen molar-refractivity contribution >= 4 is 28.3 Å². The molecule has 0 bridgehead atoms. The molecule has 3 aromatic carbocycles. The number of halogens is 7. The molecule has 0 saturated carbocycles. The molecule has 4 aromatic rings. The van der Waals surface area contributed by atoms with E-state index in [2.05, 4.69) is 15.6 Å². The molecule has 0 aliphatic carbocycles. The second-order valence-corrected chi connectivity index (χ2v) is 10.2. The zero-order chi connectivity index (χ0) is 32.1. The lowest BCUT2D eigenvalue weighted by molar-refractivity contribution is -0.143. The van der Waals surface area contributed by atoms with Crippen LogP contribution in [0.1, 0.15) is 36.5 Å². The summed E-state index contributed by atoms with van der Waals surface area (Å²) in [4.78, 5) is 18.9. The van der Waals surface area contributed by atoms with Gasteiger partial charge >= 0.3 is 18.4 Å². The van der Waals surface area contributed by atoms with Gasteiger partial charge in [0.25, 0.3) is 0 Å². The summed E-state index contributed by atoms with van der Waals surface area (Å²) < 4.78 is 98.9. The number of urea groups is 1. The highest BCUT2D eigenvalue weighted by Crippen LogP contribution is 2.37. The first kappa shape index (κ1) is 32.4. The fourth-order valence-corrected chi connectivity index (χ4v) is 4.61. The molecule has 6 nitrogen and oxygen atoms in total. The molecule has 2 amide bonds. The van der Waals surface area contributed by atoms with E-state index in [-0.39, 0.29) is 25.2 Å². The molecule has 1 unspecified atom stereocenters. The maximum atomic E-state index is 13.5. The number of pyridine rings is 1. The average molecular weight is 623 g/mol. The lowest BCUT2D eigenvalue weighted by Gasteiger charge is -2.25. The zero-order valence-electron chi connectivity index (χ0n) is 23.7. The van der Waals surface area contributed by atoms with Crippen molar-refractivity contribution in [2.24, 2.45) is 0 Å². The first-order chi connectivity index (χ1) is 20.7. The molecule has 0 aliphatic heterocycles. The maximum absolute atomic E-state index is 13.5. The molecule has 0 fully saturated rings. The van der Waals surface area contributed by atoms with E-state index in [0.29, 0.717) is 36.3 Å². The standard InChI is InChI=1S/C31H29F7N4O2/c1-19(40-27-17-26(44-2)13-21-6-3-11-39-28(21)27)5-4-12-42(18-20-7-9-24(32)10-8-20)29(43)41-25-15-22(30(33,34)35)14-23(16-25)31(36,37)38/h3,6-11,13-17,19,40H,4-5,12,18H2,1-2H3,(H,41,43). The van der Waals surface area contributed by atoms with Gasteiger partial charge in [0.2, 0.25) is 0 Å². The molecule has 1 aromatic heterocycles. The molecule has 1 atom stereocenters. The van der Waals surface area contributed by atoms with Gasteiger partial charge in [-0.15, -0.1) is 0 Å². The van der Waals surface area contributed by atoms with Gasteiger partial charge in [0.15, 0.2) is 0 Å². The van der Waals surface area contributed by atoms with E-state index in [0.717, 1.165) is 16.6 Å². The summed E-state index contributed by atoms with van der Waals surface area (Å²) in [5.41, 5.74) is -1.77. The number of benzene rings is 3. The van der Waals surface area contributed by atoms with E-state index < -0.39 is 41.0 Å². The number of anilines is 2.